The topological polar surface area (TPSA) is 69.1 Å². The number of ketones is 1. The van der Waals surface area contributed by atoms with Crippen molar-refractivity contribution in [3.05, 3.63) is 0 Å². The fourth-order valence-corrected chi connectivity index (χ4v) is 0.867. The van der Waals surface area contributed by atoms with Crippen molar-refractivity contribution in [3.8, 4) is 0 Å². The maximum Gasteiger partial charge on any atom is 0.154 e. The molecule has 0 aromatic heterocycles. The van der Waals surface area contributed by atoms with Crippen LogP contribution in [0.1, 0.15) is 27.2 Å². The largest absolute Gasteiger partial charge is 0.330 e. The summed E-state index contributed by atoms with van der Waals surface area (Å²) in [6.07, 6.45) is 0.579. The smallest absolute Gasteiger partial charge is 0.154 e. The number of hydrogen-bond acceptors (Lipinski definition) is 3. The van der Waals surface area contributed by atoms with E-state index in [0.29, 0.717) is 13.0 Å². The molecule has 3 heteroatoms. The number of Topliss-reactive ketones (excluding diaryl/α,β-unsaturated/α-hetero) is 1. The van der Waals surface area contributed by atoms with Gasteiger partial charge >= 0.3 is 0 Å². The van der Waals surface area contributed by atoms with Crippen LogP contribution >= 0.6 is 0 Å². The number of carbonyl (C=O) groups excluding carboxylic acids is 1. The summed E-state index contributed by atoms with van der Waals surface area (Å²) in [4.78, 5) is 11.4. The molecule has 0 bridgehead atoms. The van der Waals surface area contributed by atoms with Gasteiger partial charge in [0.15, 0.2) is 5.78 Å². The Bertz CT molecular complexity index is 138. The van der Waals surface area contributed by atoms with E-state index in [1.54, 1.807) is 0 Å². The van der Waals surface area contributed by atoms with Gasteiger partial charge in [0.2, 0.25) is 0 Å². The minimum Gasteiger partial charge on any atom is -0.330 e. The number of hydrogen-bond donors (Lipinski definition) is 2. The third-order valence-corrected chi connectivity index (χ3v) is 1.55. The highest BCUT2D eigenvalue weighted by atomic mass is 16.1. The molecule has 0 unspecified atom stereocenters. The van der Waals surface area contributed by atoms with E-state index in [4.69, 9.17) is 11.5 Å². The number of nitrogens with two attached hydrogens (primary N) is 2. The Labute approximate surface area is 68.1 Å². The maximum absolute atomic E-state index is 11.4. The van der Waals surface area contributed by atoms with Crippen LogP contribution in [0.15, 0.2) is 0 Å². The summed E-state index contributed by atoms with van der Waals surface area (Å²) < 4.78 is 0. The molecule has 11 heavy (non-hydrogen) atoms. The van der Waals surface area contributed by atoms with Crippen LogP contribution in [-0.4, -0.2) is 18.4 Å². The first-order valence-electron chi connectivity index (χ1n) is 3.89. The summed E-state index contributed by atoms with van der Waals surface area (Å²) >= 11 is 0. The van der Waals surface area contributed by atoms with Gasteiger partial charge in [0.1, 0.15) is 0 Å². The quantitative estimate of drug-likeness (QED) is 0.619. The van der Waals surface area contributed by atoms with E-state index in [9.17, 15) is 4.79 Å². The lowest BCUT2D eigenvalue weighted by molar-refractivity contribution is -0.127. The first kappa shape index (κ1) is 10.6. The van der Waals surface area contributed by atoms with Crippen molar-refractivity contribution in [1.82, 2.24) is 0 Å². The molecule has 0 aliphatic carbocycles. The molecular formula is C8H18N2O. The van der Waals surface area contributed by atoms with Gasteiger partial charge in [-0.25, -0.2) is 0 Å². The van der Waals surface area contributed by atoms with E-state index in [2.05, 4.69) is 0 Å². The van der Waals surface area contributed by atoms with Gasteiger partial charge < -0.3 is 11.5 Å². The molecule has 0 fully saturated rings. The lowest BCUT2D eigenvalue weighted by atomic mass is 9.86. The first-order valence-corrected chi connectivity index (χ1v) is 3.89. The van der Waals surface area contributed by atoms with Gasteiger partial charge in [-0.2, -0.15) is 0 Å². The van der Waals surface area contributed by atoms with Crippen molar-refractivity contribution >= 4 is 5.78 Å². The normalized spacial score (nSPS) is 14.6. The van der Waals surface area contributed by atoms with Crippen LogP contribution in [0.3, 0.4) is 0 Å². The highest BCUT2D eigenvalue weighted by Gasteiger charge is 2.26. The summed E-state index contributed by atoms with van der Waals surface area (Å²) in [5.74, 6) is 0.0861. The highest BCUT2D eigenvalue weighted by Crippen LogP contribution is 2.16. The van der Waals surface area contributed by atoms with Gasteiger partial charge in [0, 0.05) is 5.41 Å². The van der Waals surface area contributed by atoms with Crippen LogP contribution in [0.2, 0.25) is 0 Å². The highest BCUT2D eigenvalue weighted by molar-refractivity contribution is 5.88. The number of carbonyl (C=O) groups is 1. The van der Waals surface area contributed by atoms with E-state index in [1.807, 2.05) is 20.8 Å². The van der Waals surface area contributed by atoms with Gasteiger partial charge in [-0.3, -0.25) is 4.79 Å². The van der Waals surface area contributed by atoms with Crippen LogP contribution < -0.4 is 11.5 Å². The van der Waals surface area contributed by atoms with E-state index < -0.39 is 0 Å². The van der Waals surface area contributed by atoms with E-state index in [-0.39, 0.29) is 17.2 Å². The molecule has 66 valence electrons. The third kappa shape index (κ3) is 3.49. The van der Waals surface area contributed by atoms with Crippen LogP contribution in [0.25, 0.3) is 0 Å². The first-order chi connectivity index (χ1) is 4.89. The van der Waals surface area contributed by atoms with Crippen molar-refractivity contribution in [2.24, 2.45) is 16.9 Å². The summed E-state index contributed by atoms with van der Waals surface area (Å²) in [7, 11) is 0. The van der Waals surface area contributed by atoms with E-state index >= 15 is 0 Å². The van der Waals surface area contributed by atoms with Crippen LogP contribution in [0.4, 0.5) is 0 Å². The van der Waals surface area contributed by atoms with Gasteiger partial charge in [0.25, 0.3) is 0 Å². The Balaban J connectivity index is 4.03. The Morgan fingerprint density at radius 3 is 2.18 bits per heavy atom. The predicted molar refractivity (Wildman–Crippen MR) is 46.1 cm³/mol. The van der Waals surface area contributed by atoms with E-state index in [1.165, 1.54) is 0 Å². The maximum atomic E-state index is 11.4. The molecule has 3 nitrogen and oxygen atoms in total. The predicted octanol–water partition coefficient (Wildman–Crippen LogP) is 0.278. The second kappa shape index (κ2) is 3.83. The standard InChI is InChI=1S/C8H18N2O/c1-8(2,3)7(11)6(10)4-5-9/h6H,4-5,9-10H2,1-3H3/t6-/m1/s1. The summed E-state index contributed by atoms with van der Waals surface area (Å²) in [6.45, 7) is 6.08. The molecule has 0 aliphatic heterocycles. The molecule has 0 rings (SSSR count). The van der Waals surface area contributed by atoms with Crippen molar-refractivity contribution in [2.45, 2.75) is 33.2 Å². The monoisotopic (exact) mass is 158 g/mol. The molecule has 0 spiro atoms. The number of rotatable bonds is 3. The van der Waals surface area contributed by atoms with Gasteiger partial charge in [-0.1, -0.05) is 20.8 Å². The van der Waals surface area contributed by atoms with Crippen LogP contribution in [-0.2, 0) is 4.79 Å². The Kier molecular flexibility index (Phi) is 3.69. The lowest BCUT2D eigenvalue weighted by Gasteiger charge is -2.20. The van der Waals surface area contributed by atoms with Gasteiger partial charge in [0.05, 0.1) is 6.04 Å². The average molecular weight is 158 g/mol. The molecule has 0 aromatic carbocycles. The minimum atomic E-state index is -0.389. The summed E-state index contributed by atoms with van der Waals surface area (Å²) in [5, 5.41) is 0. The zero-order valence-electron chi connectivity index (χ0n) is 7.55. The van der Waals surface area contributed by atoms with Crippen molar-refractivity contribution in [3.63, 3.8) is 0 Å². The SMILES string of the molecule is CC(C)(C)C(=O)[C@H](N)CCN. The molecule has 0 saturated carbocycles. The van der Waals surface area contributed by atoms with Gasteiger partial charge in [-0.05, 0) is 13.0 Å². The minimum absolute atomic E-state index is 0.0861. The zero-order valence-corrected chi connectivity index (χ0v) is 7.55. The fraction of sp³-hybridized carbons (Fsp3) is 0.875. The second-order valence-electron chi connectivity index (χ2n) is 3.80. The molecule has 1 atom stereocenters. The van der Waals surface area contributed by atoms with Gasteiger partial charge in [-0.15, -0.1) is 0 Å². The second-order valence-corrected chi connectivity index (χ2v) is 3.80. The van der Waals surface area contributed by atoms with E-state index in [0.717, 1.165) is 0 Å². The summed E-state index contributed by atoms with van der Waals surface area (Å²) in [5.41, 5.74) is 10.5. The lowest BCUT2D eigenvalue weighted by Crippen LogP contribution is -2.40. The molecule has 0 saturated heterocycles. The Morgan fingerprint density at radius 2 is 1.91 bits per heavy atom. The van der Waals surface area contributed by atoms with Crippen molar-refractivity contribution in [2.75, 3.05) is 6.54 Å². The molecule has 4 N–H and O–H groups in total. The van der Waals surface area contributed by atoms with Crippen LogP contribution in [0, 0.1) is 5.41 Å². The fourth-order valence-electron chi connectivity index (χ4n) is 0.867. The summed E-state index contributed by atoms with van der Waals surface area (Å²) in [6, 6.07) is -0.389. The zero-order chi connectivity index (χ0) is 9.07. The molecule has 0 amide bonds. The average Bonchev–Trinajstić information content (AvgIpc) is 1.85. The molecule has 0 radical (unpaired) electrons. The van der Waals surface area contributed by atoms with Crippen molar-refractivity contribution < 1.29 is 4.79 Å². The molecular weight excluding hydrogens is 140 g/mol. The third-order valence-electron chi connectivity index (χ3n) is 1.55. The Hall–Kier alpha value is -0.410. The Morgan fingerprint density at radius 1 is 1.45 bits per heavy atom. The molecule has 0 aromatic rings. The molecule has 0 heterocycles. The van der Waals surface area contributed by atoms with Crippen molar-refractivity contribution in [1.29, 1.82) is 0 Å². The van der Waals surface area contributed by atoms with Crippen LogP contribution in [0.5, 0.6) is 0 Å². The molecule has 0 aliphatic rings.